The average molecular weight is 378 g/mol. The predicted octanol–water partition coefficient (Wildman–Crippen LogP) is 3.02. The molecule has 0 spiro atoms. The quantitative estimate of drug-likeness (QED) is 0.635. The number of aryl methyl sites for hydroxylation is 1. The number of hydrogen-bond donors (Lipinski definition) is 3. The lowest BCUT2D eigenvalue weighted by Gasteiger charge is -2.21. The first-order valence-electron chi connectivity index (χ1n) is 8.14. The highest BCUT2D eigenvalue weighted by molar-refractivity contribution is 5.86. The summed E-state index contributed by atoms with van der Waals surface area (Å²) >= 11 is 0. The third-order valence-electron chi connectivity index (χ3n) is 4.14. The van der Waals surface area contributed by atoms with Crippen LogP contribution in [0.3, 0.4) is 0 Å². The molecule has 1 atom stereocenters. The normalized spacial score (nSPS) is 13.0. The standard InChI is InChI=1S/C18H17F3N4O2/c1-9(11-4-3-5-13(15(11)19)18(20,21)8-26)22-16-12-6-7-14(27)25-17(12)24-10(2)23-16/h3-7,9,26H,8H2,1-2H3,(H2,22,23,24,25,27)/t9-/m1/s1. The van der Waals surface area contributed by atoms with E-state index in [4.69, 9.17) is 5.11 Å². The van der Waals surface area contributed by atoms with Crippen molar-refractivity contribution in [1.82, 2.24) is 15.0 Å². The Kier molecular flexibility index (Phi) is 4.88. The number of hydrogen-bond acceptors (Lipinski definition) is 5. The van der Waals surface area contributed by atoms with Gasteiger partial charge >= 0.3 is 0 Å². The summed E-state index contributed by atoms with van der Waals surface area (Å²) in [5.74, 6) is -4.07. The van der Waals surface area contributed by atoms with E-state index in [1.165, 1.54) is 24.3 Å². The molecule has 3 N–H and O–H groups in total. The van der Waals surface area contributed by atoms with Crippen LogP contribution in [0.2, 0.25) is 0 Å². The highest BCUT2D eigenvalue weighted by atomic mass is 19.3. The summed E-state index contributed by atoms with van der Waals surface area (Å²) in [5.41, 5.74) is -0.894. The molecular formula is C18H17F3N4O2. The van der Waals surface area contributed by atoms with Crippen LogP contribution in [0.1, 0.15) is 29.9 Å². The van der Waals surface area contributed by atoms with Gasteiger partial charge in [-0.15, -0.1) is 0 Å². The van der Waals surface area contributed by atoms with Gasteiger partial charge in [-0.2, -0.15) is 8.78 Å². The second kappa shape index (κ2) is 6.99. The molecule has 3 rings (SSSR count). The van der Waals surface area contributed by atoms with Crippen LogP contribution in [-0.2, 0) is 5.92 Å². The molecule has 0 amide bonds. The Hall–Kier alpha value is -2.94. The first kappa shape index (κ1) is 18.8. The van der Waals surface area contributed by atoms with Crippen molar-refractivity contribution >= 4 is 16.9 Å². The van der Waals surface area contributed by atoms with Gasteiger partial charge in [0.1, 0.15) is 29.7 Å². The lowest BCUT2D eigenvalue weighted by atomic mass is 10.0. The van der Waals surface area contributed by atoms with Crippen LogP contribution in [0.15, 0.2) is 35.1 Å². The van der Waals surface area contributed by atoms with Gasteiger partial charge in [-0.3, -0.25) is 4.79 Å². The fourth-order valence-corrected chi connectivity index (χ4v) is 2.80. The maximum Gasteiger partial charge on any atom is 0.298 e. The molecular weight excluding hydrogens is 361 g/mol. The Bertz CT molecular complexity index is 1050. The van der Waals surface area contributed by atoms with Gasteiger partial charge in [-0.1, -0.05) is 12.1 Å². The number of benzene rings is 1. The molecule has 142 valence electrons. The molecule has 2 heterocycles. The van der Waals surface area contributed by atoms with Crippen molar-refractivity contribution in [2.75, 3.05) is 11.9 Å². The number of aliphatic hydroxyl groups excluding tert-OH is 1. The number of nitrogens with one attached hydrogen (secondary N) is 2. The van der Waals surface area contributed by atoms with Gasteiger partial charge in [-0.25, -0.2) is 14.4 Å². The average Bonchev–Trinajstić information content (AvgIpc) is 2.61. The first-order chi connectivity index (χ1) is 12.7. The number of anilines is 1. The summed E-state index contributed by atoms with van der Waals surface area (Å²) in [6, 6.07) is 5.73. The molecule has 2 aromatic heterocycles. The number of alkyl halides is 2. The van der Waals surface area contributed by atoms with Crippen molar-refractivity contribution in [2.24, 2.45) is 0 Å². The Balaban J connectivity index is 2.02. The Labute approximate surface area is 152 Å². The van der Waals surface area contributed by atoms with E-state index >= 15 is 0 Å². The van der Waals surface area contributed by atoms with E-state index in [0.29, 0.717) is 22.7 Å². The summed E-state index contributed by atoms with van der Waals surface area (Å²) in [5, 5.41) is 12.3. The molecule has 0 aliphatic carbocycles. The minimum Gasteiger partial charge on any atom is -0.390 e. The van der Waals surface area contributed by atoms with Crippen LogP contribution in [0.4, 0.5) is 19.0 Å². The molecule has 0 bridgehead atoms. The van der Waals surface area contributed by atoms with Crippen molar-refractivity contribution in [1.29, 1.82) is 0 Å². The number of aliphatic hydroxyl groups is 1. The number of pyridine rings is 1. The van der Waals surface area contributed by atoms with Gasteiger partial charge in [0.2, 0.25) is 5.56 Å². The Morgan fingerprint density at radius 1 is 1.26 bits per heavy atom. The number of fused-ring (bicyclic) bond motifs is 1. The van der Waals surface area contributed by atoms with Crippen LogP contribution in [0, 0.1) is 12.7 Å². The van der Waals surface area contributed by atoms with Gasteiger partial charge in [0, 0.05) is 11.6 Å². The van der Waals surface area contributed by atoms with Crippen LogP contribution >= 0.6 is 0 Å². The van der Waals surface area contributed by atoms with E-state index in [0.717, 1.165) is 6.07 Å². The minimum absolute atomic E-state index is 0.00513. The maximum absolute atomic E-state index is 14.6. The molecule has 3 aromatic rings. The molecule has 0 aliphatic heterocycles. The molecule has 0 fully saturated rings. The molecule has 27 heavy (non-hydrogen) atoms. The van der Waals surface area contributed by atoms with Gasteiger partial charge in [0.15, 0.2) is 0 Å². The highest BCUT2D eigenvalue weighted by Gasteiger charge is 2.35. The van der Waals surface area contributed by atoms with E-state index in [-0.39, 0.29) is 11.1 Å². The van der Waals surface area contributed by atoms with Crippen molar-refractivity contribution in [2.45, 2.75) is 25.8 Å². The highest BCUT2D eigenvalue weighted by Crippen LogP contribution is 2.33. The summed E-state index contributed by atoms with van der Waals surface area (Å²) in [4.78, 5) is 22.5. The number of H-pyrrole nitrogens is 1. The van der Waals surface area contributed by atoms with Gasteiger partial charge in [-0.05, 0) is 26.0 Å². The van der Waals surface area contributed by atoms with Gasteiger partial charge in [0.25, 0.3) is 5.92 Å². The summed E-state index contributed by atoms with van der Waals surface area (Å²) < 4.78 is 42.1. The number of halogens is 3. The van der Waals surface area contributed by atoms with Gasteiger partial charge in [0.05, 0.1) is 17.0 Å². The molecule has 0 unspecified atom stereocenters. The van der Waals surface area contributed by atoms with E-state index < -0.39 is 30.0 Å². The zero-order valence-corrected chi connectivity index (χ0v) is 14.6. The number of rotatable bonds is 5. The molecule has 0 aliphatic rings. The van der Waals surface area contributed by atoms with Gasteiger partial charge < -0.3 is 15.4 Å². The monoisotopic (exact) mass is 378 g/mol. The largest absolute Gasteiger partial charge is 0.390 e. The molecule has 0 saturated heterocycles. The predicted molar refractivity (Wildman–Crippen MR) is 94.3 cm³/mol. The minimum atomic E-state index is -3.68. The first-order valence-corrected chi connectivity index (χ1v) is 8.14. The van der Waals surface area contributed by atoms with E-state index in [2.05, 4.69) is 20.3 Å². The maximum atomic E-state index is 14.6. The van der Waals surface area contributed by atoms with Crippen LogP contribution in [-0.4, -0.2) is 26.7 Å². The van der Waals surface area contributed by atoms with Crippen molar-refractivity contribution in [3.05, 3.63) is 63.5 Å². The van der Waals surface area contributed by atoms with Crippen LogP contribution in [0.5, 0.6) is 0 Å². The number of aromatic amines is 1. The third-order valence-corrected chi connectivity index (χ3v) is 4.14. The SMILES string of the molecule is Cc1nc(N[C@H](C)c2cccc(C(F)(F)CO)c2F)c2ccc(=O)[nH]c2n1. The van der Waals surface area contributed by atoms with Crippen molar-refractivity contribution in [3.63, 3.8) is 0 Å². The molecule has 0 radical (unpaired) electrons. The zero-order valence-electron chi connectivity index (χ0n) is 14.6. The number of nitrogens with zero attached hydrogens (tertiary/aromatic N) is 2. The van der Waals surface area contributed by atoms with Crippen LogP contribution in [0.25, 0.3) is 11.0 Å². The second-order valence-electron chi connectivity index (χ2n) is 6.14. The molecule has 1 aromatic carbocycles. The molecule has 9 heteroatoms. The zero-order chi connectivity index (χ0) is 19.8. The topological polar surface area (TPSA) is 90.9 Å². The summed E-state index contributed by atoms with van der Waals surface area (Å²) in [7, 11) is 0. The Morgan fingerprint density at radius 3 is 2.70 bits per heavy atom. The lowest BCUT2D eigenvalue weighted by Crippen LogP contribution is -2.22. The van der Waals surface area contributed by atoms with Crippen LogP contribution < -0.4 is 10.9 Å². The fourth-order valence-electron chi connectivity index (χ4n) is 2.80. The second-order valence-corrected chi connectivity index (χ2v) is 6.14. The molecule has 0 saturated carbocycles. The van der Waals surface area contributed by atoms with E-state index in [9.17, 15) is 18.0 Å². The summed E-state index contributed by atoms with van der Waals surface area (Å²) in [6.07, 6.45) is 0. The Morgan fingerprint density at radius 2 is 2.00 bits per heavy atom. The third kappa shape index (κ3) is 3.63. The van der Waals surface area contributed by atoms with Crippen molar-refractivity contribution < 1.29 is 18.3 Å². The summed E-state index contributed by atoms with van der Waals surface area (Å²) in [6.45, 7) is 1.73. The smallest absolute Gasteiger partial charge is 0.298 e. The molecule has 6 nitrogen and oxygen atoms in total. The van der Waals surface area contributed by atoms with Crippen molar-refractivity contribution in [3.8, 4) is 0 Å². The number of aromatic nitrogens is 3. The van der Waals surface area contributed by atoms with E-state index in [1.807, 2.05) is 0 Å². The van der Waals surface area contributed by atoms with E-state index in [1.54, 1.807) is 13.8 Å². The fraction of sp³-hybridized carbons (Fsp3) is 0.278. The lowest BCUT2D eigenvalue weighted by molar-refractivity contribution is -0.0583.